The Kier molecular flexibility index (Phi) is 7.34. The molecule has 0 amide bonds. The Labute approximate surface area is 163 Å². The van der Waals surface area contributed by atoms with Crippen LogP contribution < -0.4 is 9.46 Å². The zero-order valence-electron chi connectivity index (χ0n) is 14.8. The van der Waals surface area contributed by atoms with Crippen LogP contribution in [0.3, 0.4) is 0 Å². The van der Waals surface area contributed by atoms with E-state index in [-0.39, 0.29) is 17.3 Å². The monoisotopic (exact) mass is 417 g/mol. The molecule has 2 aromatic rings. The molecule has 1 N–H and O–H groups in total. The lowest BCUT2D eigenvalue weighted by molar-refractivity contribution is 0.411. The summed E-state index contributed by atoms with van der Waals surface area (Å²) in [5.41, 5.74) is 1.80. The number of hydrogen-bond donors (Lipinski definition) is 1. The molecule has 0 spiro atoms. The van der Waals surface area contributed by atoms with Crippen LogP contribution in [0.25, 0.3) is 0 Å². The smallest absolute Gasteiger partial charge is 0.240 e. The maximum absolute atomic E-state index is 13.7. The molecule has 0 aliphatic rings. The van der Waals surface area contributed by atoms with E-state index in [4.69, 9.17) is 16.3 Å². The van der Waals surface area contributed by atoms with Gasteiger partial charge < -0.3 is 4.74 Å². The van der Waals surface area contributed by atoms with Crippen LogP contribution in [-0.4, -0.2) is 27.8 Å². The number of aryl methyl sites for hydroxylation is 2. The van der Waals surface area contributed by atoms with Crippen LogP contribution in [0.15, 0.2) is 35.2 Å². The first kappa shape index (κ1) is 21.0. The fourth-order valence-corrected chi connectivity index (χ4v) is 5.11. The first-order chi connectivity index (χ1) is 12.3. The van der Waals surface area contributed by atoms with Crippen molar-refractivity contribution >= 4 is 33.4 Å². The summed E-state index contributed by atoms with van der Waals surface area (Å²) in [7, 11) is -2.07. The van der Waals surface area contributed by atoms with Crippen LogP contribution in [0.1, 0.15) is 16.7 Å². The number of ether oxygens (including phenoxy) is 1. The van der Waals surface area contributed by atoms with Crippen molar-refractivity contribution in [3.8, 4) is 5.75 Å². The second-order valence-electron chi connectivity index (χ2n) is 5.74. The summed E-state index contributed by atoms with van der Waals surface area (Å²) in [6.45, 7) is 3.76. The predicted octanol–water partition coefficient (Wildman–Crippen LogP) is 4.32. The van der Waals surface area contributed by atoms with Crippen molar-refractivity contribution in [1.29, 1.82) is 0 Å². The van der Waals surface area contributed by atoms with Gasteiger partial charge in [0.15, 0.2) is 0 Å². The van der Waals surface area contributed by atoms with Crippen molar-refractivity contribution in [2.45, 2.75) is 24.5 Å². The van der Waals surface area contributed by atoms with Crippen LogP contribution in [-0.2, 0) is 15.8 Å². The van der Waals surface area contributed by atoms with E-state index in [9.17, 15) is 12.8 Å². The second kappa shape index (κ2) is 9.08. The predicted molar refractivity (Wildman–Crippen MR) is 105 cm³/mol. The Morgan fingerprint density at radius 2 is 1.96 bits per heavy atom. The summed E-state index contributed by atoms with van der Waals surface area (Å²) >= 11 is 7.39. The summed E-state index contributed by atoms with van der Waals surface area (Å²) < 4.78 is 46.5. The highest BCUT2D eigenvalue weighted by Crippen LogP contribution is 2.26. The minimum absolute atomic E-state index is 0.234. The molecular formula is C18H21ClFNO3S2. The Morgan fingerprint density at radius 1 is 1.23 bits per heavy atom. The molecule has 2 aromatic carbocycles. The van der Waals surface area contributed by atoms with Crippen LogP contribution >= 0.6 is 23.4 Å². The molecule has 0 unspecified atom stereocenters. The molecular weight excluding hydrogens is 397 g/mol. The highest BCUT2D eigenvalue weighted by molar-refractivity contribution is 7.98. The van der Waals surface area contributed by atoms with Gasteiger partial charge in [-0.15, -0.1) is 0 Å². The third-order valence-electron chi connectivity index (χ3n) is 3.83. The van der Waals surface area contributed by atoms with E-state index in [2.05, 4.69) is 4.72 Å². The van der Waals surface area contributed by atoms with Crippen molar-refractivity contribution in [3.63, 3.8) is 0 Å². The second-order valence-corrected chi connectivity index (χ2v) is 8.99. The van der Waals surface area contributed by atoms with Gasteiger partial charge in [-0.2, -0.15) is 11.8 Å². The third-order valence-corrected chi connectivity index (χ3v) is 6.77. The van der Waals surface area contributed by atoms with Gasteiger partial charge in [-0.1, -0.05) is 17.7 Å². The summed E-state index contributed by atoms with van der Waals surface area (Å²) in [6, 6.07) is 7.86. The van der Waals surface area contributed by atoms with Gasteiger partial charge in [0.05, 0.1) is 12.0 Å². The minimum Gasteiger partial charge on any atom is -0.496 e. The quantitative estimate of drug-likeness (QED) is 0.650. The Balaban J connectivity index is 1.94. The number of nitrogens with one attached hydrogen (secondary N) is 1. The molecule has 0 saturated heterocycles. The highest BCUT2D eigenvalue weighted by atomic mass is 35.5. The van der Waals surface area contributed by atoms with Gasteiger partial charge in [-0.05, 0) is 49.2 Å². The maximum Gasteiger partial charge on any atom is 0.240 e. The average Bonchev–Trinajstić information content (AvgIpc) is 2.58. The topological polar surface area (TPSA) is 55.4 Å². The Morgan fingerprint density at radius 3 is 2.62 bits per heavy atom. The number of rotatable bonds is 8. The lowest BCUT2D eigenvalue weighted by Crippen LogP contribution is -2.26. The van der Waals surface area contributed by atoms with Gasteiger partial charge in [0.25, 0.3) is 0 Å². The van der Waals surface area contributed by atoms with Crippen LogP contribution in [0.2, 0.25) is 5.02 Å². The average molecular weight is 418 g/mol. The summed E-state index contributed by atoms with van der Waals surface area (Å²) in [5, 5.41) is 0.377. The van der Waals surface area contributed by atoms with Crippen LogP contribution in [0, 0.1) is 19.7 Å². The van der Waals surface area contributed by atoms with Crippen LogP contribution in [0.5, 0.6) is 5.75 Å². The lowest BCUT2D eigenvalue weighted by Gasteiger charge is -2.13. The van der Waals surface area contributed by atoms with Gasteiger partial charge in [0.2, 0.25) is 10.0 Å². The Hall–Kier alpha value is -1.28. The molecule has 4 nitrogen and oxygen atoms in total. The molecule has 0 aliphatic carbocycles. The van der Waals surface area contributed by atoms with Gasteiger partial charge in [0.1, 0.15) is 11.6 Å². The fraction of sp³-hybridized carbons (Fsp3) is 0.333. The van der Waals surface area contributed by atoms with Crippen molar-refractivity contribution in [1.82, 2.24) is 4.72 Å². The Bertz CT molecular complexity index is 868. The number of hydrogen-bond acceptors (Lipinski definition) is 4. The zero-order chi connectivity index (χ0) is 19.3. The number of methoxy groups -OCH3 is 1. The minimum atomic E-state index is -3.62. The third kappa shape index (κ3) is 5.13. The van der Waals surface area contributed by atoms with Crippen LogP contribution in [0.4, 0.5) is 4.39 Å². The summed E-state index contributed by atoms with van der Waals surface area (Å²) in [5.74, 6) is 1.18. The molecule has 142 valence electrons. The first-order valence-corrected chi connectivity index (χ1v) is 10.9. The van der Waals surface area contributed by atoms with Crippen molar-refractivity contribution < 1.29 is 17.5 Å². The lowest BCUT2D eigenvalue weighted by atomic mass is 10.1. The first-order valence-electron chi connectivity index (χ1n) is 7.92. The molecule has 8 heteroatoms. The summed E-state index contributed by atoms with van der Waals surface area (Å²) in [4.78, 5) is 0.234. The van der Waals surface area contributed by atoms with E-state index in [1.807, 2.05) is 0 Å². The maximum atomic E-state index is 13.7. The zero-order valence-corrected chi connectivity index (χ0v) is 17.2. The number of halogens is 2. The molecule has 0 bridgehead atoms. The van der Waals surface area contributed by atoms with E-state index >= 15 is 0 Å². The number of benzene rings is 2. The fourth-order valence-electron chi connectivity index (χ4n) is 2.44. The molecule has 0 fully saturated rings. The summed E-state index contributed by atoms with van der Waals surface area (Å²) in [6.07, 6.45) is 0. The normalized spacial score (nSPS) is 11.6. The highest BCUT2D eigenvalue weighted by Gasteiger charge is 2.18. The van der Waals surface area contributed by atoms with E-state index < -0.39 is 10.0 Å². The van der Waals surface area contributed by atoms with Gasteiger partial charge >= 0.3 is 0 Å². The molecule has 0 atom stereocenters. The van der Waals surface area contributed by atoms with E-state index in [0.29, 0.717) is 33.4 Å². The molecule has 0 aliphatic heterocycles. The van der Waals surface area contributed by atoms with Gasteiger partial charge in [-0.3, -0.25) is 0 Å². The van der Waals surface area contributed by atoms with Gasteiger partial charge in [0, 0.05) is 28.6 Å². The standard InChI is InChI=1S/C18H21ClFNO3S2/c1-12-10-18(13(2)9-17(12)24-3)26(22,23)21-7-8-25-11-14-15(19)5-4-6-16(14)20/h4-6,9-10,21H,7-8,11H2,1-3H3. The molecule has 2 rings (SSSR count). The molecule has 0 heterocycles. The number of sulfonamides is 1. The van der Waals surface area contributed by atoms with Crippen molar-refractivity contribution in [3.05, 3.63) is 57.9 Å². The molecule has 0 aromatic heterocycles. The van der Waals surface area contributed by atoms with Gasteiger partial charge in [-0.25, -0.2) is 17.5 Å². The SMILES string of the molecule is COc1cc(C)c(S(=O)(=O)NCCSCc2c(F)cccc2Cl)cc1C. The number of thioether (sulfide) groups is 1. The molecule has 0 saturated carbocycles. The van der Waals surface area contributed by atoms with Crippen molar-refractivity contribution in [2.24, 2.45) is 0 Å². The largest absolute Gasteiger partial charge is 0.496 e. The van der Waals surface area contributed by atoms with Crippen molar-refractivity contribution in [2.75, 3.05) is 19.4 Å². The molecule has 26 heavy (non-hydrogen) atoms. The van der Waals surface area contributed by atoms with E-state index in [1.165, 1.54) is 17.8 Å². The van der Waals surface area contributed by atoms with E-state index in [0.717, 1.165) is 5.56 Å². The van der Waals surface area contributed by atoms with E-state index in [1.54, 1.807) is 45.2 Å². The molecule has 0 radical (unpaired) electrons.